The van der Waals surface area contributed by atoms with Crippen molar-refractivity contribution in [1.82, 2.24) is 15.1 Å². The smallest absolute Gasteiger partial charge is 0.422 e. The molecule has 0 atom stereocenters. The third-order valence-corrected chi connectivity index (χ3v) is 5.39. The predicted molar refractivity (Wildman–Crippen MR) is 95.5 cm³/mol. The van der Waals surface area contributed by atoms with Gasteiger partial charge < -0.3 is 14.2 Å². The molecular formula is C17H13F3N4O3S. The molecule has 1 aromatic carbocycles. The summed E-state index contributed by atoms with van der Waals surface area (Å²) >= 11 is 0.466. The Morgan fingerprint density at radius 1 is 1.11 bits per heavy atom. The molecule has 0 N–H and O–H groups in total. The van der Waals surface area contributed by atoms with Gasteiger partial charge in [-0.25, -0.2) is 4.79 Å². The summed E-state index contributed by atoms with van der Waals surface area (Å²) in [5.74, 6) is -0.465. The number of fused-ring (bicyclic) bond motifs is 1. The molecule has 1 saturated heterocycles. The van der Waals surface area contributed by atoms with Gasteiger partial charge in [0.25, 0.3) is 5.91 Å². The first-order chi connectivity index (χ1) is 13.3. The number of anilines is 1. The number of rotatable bonds is 2. The molecular weight excluding hydrogens is 397 g/mol. The molecule has 0 spiro atoms. The van der Waals surface area contributed by atoms with Crippen molar-refractivity contribution in [3.05, 3.63) is 51.3 Å². The second-order valence-electron chi connectivity index (χ2n) is 6.15. The molecule has 3 heterocycles. The van der Waals surface area contributed by atoms with Gasteiger partial charge in [0.05, 0.1) is 0 Å². The quantitative estimate of drug-likeness (QED) is 0.605. The van der Waals surface area contributed by atoms with Gasteiger partial charge in [-0.05, 0) is 12.1 Å². The monoisotopic (exact) mass is 410 g/mol. The van der Waals surface area contributed by atoms with Crippen LogP contribution in [0.15, 0.2) is 39.5 Å². The summed E-state index contributed by atoms with van der Waals surface area (Å²) in [7, 11) is 0. The van der Waals surface area contributed by atoms with Crippen LogP contribution in [-0.2, 0) is 6.18 Å². The third kappa shape index (κ3) is 3.44. The highest BCUT2D eigenvalue weighted by atomic mass is 32.1. The van der Waals surface area contributed by atoms with Crippen molar-refractivity contribution in [3.8, 4) is 0 Å². The molecule has 146 valence electrons. The lowest BCUT2D eigenvalue weighted by molar-refractivity contribution is -0.138. The molecule has 0 bridgehead atoms. The molecule has 1 aliphatic rings. The summed E-state index contributed by atoms with van der Waals surface area (Å²) in [6, 6.07) is 8.37. The largest absolute Gasteiger partial charge is 0.445 e. The number of hydrogen-bond donors (Lipinski definition) is 0. The van der Waals surface area contributed by atoms with Gasteiger partial charge in [0, 0.05) is 31.6 Å². The van der Waals surface area contributed by atoms with E-state index in [1.54, 1.807) is 29.2 Å². The fraction of sp³-hybridized carbons (Fsp3) is 0.294. The minimum absolute atomic E-state index is 0.0672. The van der Waals surface area contributed by atoms with Crippen molar-refractivity contribution < 1.29 is 22.4 Å². The van der Waals surface area contributed by atoms with Crippen molar-refractivity contribution >= 4 is 33.3 Å². The topological polar surface area (TPSA) is 79.5 Å². The van der Waals surface area contributed by atoms with E-state index in [9.17, 15) is 22.8 Å². The van der Waals surface area contributed by atoms with Crippen LogP contribution in [-0.4, -0.2) is 47.2 Å². The number of halogens is 3. The normalized spacial score (nSPS) is 15.2. The summed E-state index contributed by atoms with van der Waals surface area (Å²) < 4.78 is 43.2. The lowest BCUT2D eigenvalue weighted by atomic mass is 10.1. The first-order valence-electron chi connectivity index (χ1n) is 8.31. The molecule has 0 aliphatic carbocycles. The number of aromatic nitrogens is 2. The van der Waals surface area contributed by atoms with Gasteiger partial charge in [0.2, 0.25) is 10.1 Å². The minimum Gasteiger partial charge on any atom is -0.422 e. The Morgan fingerprint density at radius 3 is 2.50 bits per heavy atom. The maximum atomic E-state index is 12.7. The molecule has 0 saturated carbocycles. The van der Waals surface area contributed by atoms with E-state index in [-0.39, 0.29) is 36.9 Å². The van der Waals surface area contributed by atoms with Gasteiger partial charge in [-0.2, -0.15) is 13.2 Å². The number of carbonyl (C=O) groups excluding carboxylic acids is 1. The third-order valence-electron chi connectivity index (χ3n) is 4.37. The number of hydrogen-bond acceptors (Lipinski definition) is 7. The average Bonchev–Trinajstić information content (AvgIpc) is 3.18. The van der Waals surface area contributed by atoms with Gasteiger partial charge in [-0.1, -0.05) is 29.5 Å². The van der Waals surface area contributed by atoms with E-state index in [0.717, 1.165) is 0 Å². The molecule has 0 unspecified atom stereocenters. The second kappa shape index (κ2) is 6.89. The number of alkyl halides is 3. The number of amides is 1. The van der Waals surface area contributed by atoms with Crippen LogP contribution >= 0.6 is 11.3 Å². The van der Waals surface area contributed by atoms with Crippen molar-refractivity contribution in [1.29, 1.82) is 0 Å². The van der Waals surface area contributed by atoms with E-state index in [1.807, 2.05) is 0 Å². The standard InChI is InChI=1S/C17H13F3N4O3S/c18-17(19,20)15-21-22-16(28-15)24-7-5-23(6-8-24)13(25)11-9-10-3-1-2-4-12(10)27-14(11)26/h1-4,9H,5-8H2. The fourth-order valence-corrected chi connectivity index (χ4v) is 3.70. The van der Waals surface area contributed by atoms with E-state index in [4.69, 9.17) is 4.42 Å². The molecule has 1 aliphatic heterocycles. The molecule has 3 aromatic rings. The molecule has 1 fully saturated rings. The maximum absolute atomic E-state index is 12.7. The second-order valence-corrected chi connectivity index (χ2v) is 7.11. The van der Waals surface area contributed by atoms with Gasteiger partial charge >= 0.3 is 11.8 Å². The molecule has 0 radical (unpaired) electrons. The van der Waals surface area contributed by atoms with Crippen molar-refractivity contribution in [2.45, 2.75) is 6.18 Å². The SMILES string of the molecule is O=C(c1cc2ccccc2oc1=O)N1CCN(c2nnc(C(F)(F)F)s2)CC1. The zero-order chi connectivity index (χ0) is 19.9. The highest BCUT2D eigenvalue weighted by Crippen LogP contribution is 2.34. The van der Waals surface area contributed by atoms with Crippen LogP contribution in [0.5, 0.6) is 0 Å². The van der Waals surface area contributed by atoms with Crippen LogP contribution < -0.4 is 10.5 Å². The fourth-order valence-electron chi connectivity index (χ4n) is 2.94. The zero-order valence-electron chi connectivity index (χ0n) is 14.3. The zero-order valence-corrected chi connectivity index (χ0v) is 15.1. The van der Waals surface area contributed by atoms with Crippen molar-refractivity contribution in [2.75, 3.05) is 31.1 Å². The lowest BCUT2D eigenvalue weighted by Gasteiger charge is -2.34. The number of benzene rings is 1. The van der Waals surface area contributed by atoms with Crippen LogP contribution in [0.1, 0.15) is 15.4 Å². The summed E-state index contributed by atoms with van der Waals surface area (Å²) in [4.78, 5) is 28.0. The Hall–Kier alpha value is -2.95. The summed E-state index contributed by atoms with van der Waals surface area (Å²) in [5.41, 5.74) is -0.391. The molecule has 1 amide bonds. The van der Waals surface area contributed by atoms with Crippen molar-refractivity contribution in [3.63, 3.8) is 0 Å². The van der Waals surface area contributed by atoms with Crippen LogP contribution in [0.4, 0.5) is 18.3 Å². The number of carbonyl (C=O) groups is 1. The van der Waals surface area contributed by atoms with E-state index in [2.05, 4.69) is 10.2 Å². The van der Waals surface area contributed by atoms with E-state index in [0.29, 0.717) is 22.3 Å². The summed E-state index contributed by atoms with van der Waals surface area (Å²) in [6.45, 7) is 1.06. The Morgan fingerprint density at radius 2 is 1.82 bits per heavy atom. The Labute approximate surface area is 160 Å². The van der Waals surface area contributed by atoms with Crippen LogP contribution in [0, 0.1) is 0 Å². The number of nitrogens with zero attached hydrogens (tertiary/aromatic N) is 4. The predicted octanol–water partition coefficient (Wildman–Crippen LogP) is 2.63. The Kier molecular flexibility index (Phi) is 4.53. The molecule has 11 heteroatoms. The number of para-hydroxylation sites is 1. The van der Waals surface area contributed by atoms with Crippen LogP contribution in [0.25, 0.3) is 11.0 Å². The van der Waals surface area contributed by atoms with Gasteiger partial charge in [-0.3, -0.25) is 4.79 Å². The lowest BCUT2D eigenvalue weighted by Crippen LogP contribution is -2.49. The average molecular weight is 410 g/mol. The van der Waals surface area contributed by atoms with Crippen molar-refractivity contribution in [2.24, 2.45) is 0 Å². The van der Waals surface area contributed by atoms with E-state index in [1.165, 1.54) is 11.0 Å². The molecule has 7 nitrogen and oxygen atoms in total. The van der Waals surface area contributed by atoms with Crippen LogP contribution in [0.3, 0.4) is 0 Å². The summed E-state index contributed by atoms with van der Waals surface area (Å²) in [6.07, 6.45) is -4.53. The van der Waals surface area contributed by atoms with Gasteiger partial charge in [0.15, 0.2) is 0 Å². The highest BCUT2D eigenvalue weighted by Gasteiger charge is 2.36. The highest BCUT2D eigenvalue weighted by molar-refractivity contribution is 7.15. The first-order valence-corrected chi connectivity index (χ1v) is 9.12. The Balaban J connectivity index is 1.48. The molecule has 28 heavy (non-hydrogen) atoms. The van der Waals surface area contributed by atoms with Gasteiger partial charge in [-0.15, -0.1) is 10.2 Å². The first kappa shape index (κ1) is 18.4. The van der Waals surface area contributed by atoms with Gasteiger partial charge in [0.1, 0.15) is 11.1 Å². The van der Waals surface area contributed by atoms with Crippen LogP contribution in [0.2, 0.25) is 0 Å². The molecule has 4 rings (SSSR count). The summed E-state index contributed by atoms with van der Waals surface area (Å²) in [5, 5.41) is 6.55. The van der Waals surface area contributed by atoms with E-state index >= 15 is 0 Å². The number of piperazine rings is 1. The van der Waals surface area contributed by atoms with E-state index < -0.39 is 22.7 Å². The minimum atomic E-state index is -4.53. The Bertz CT molecular complexity index is 1090. The maximum Gasteiger partial charge on any atom is 0.445 e. The molecule has 2 aromatic heterocycles.